The van der Waals surface area contributed by atoms with E-state index in [-0.39, 0.29) is 0 Å². The van der Waals surface area contributed by atoms with Crippen molar-refractivity contribution in [2.75, 3.05) is 25.1 Å². The maximum atomic E-state index is 6.10. The monoisotopic (exact) mass is 433 g/mol. The first kappa shape index (κ1) is 20.3. The lowest BCUT2D eigenvalue weighted by Gasteiger charge is -2.32. The van der Waals surface area contributed by atoms with E-state index < -0.39 is 0 Å². The lowest BCUT2D eigenvalue weighted by molar-refractivity contribution is 0.0903. The molecular weight excluding hydrogens is 409 g/mol. The predicted octanol–water partition coefficient (Wildman–Crippen LogP) is 3.99. The van der Waals surface area contributed by atoms with E-state index >= 15 is 0 Å². The maximum Gasteiger partial charge on any atom is 0.223 e. The highest BCUT2D eigenvalue weighted by atomic mass is 35.5. The second kappa shape index (κ2) is 9.20. The zero-order valence-corrected chi connectivity index (χ0v) is 17.8. The lowest BCUT2D eigenvalue weighted by atomic mass is 10.1. The number of rotatable bonds is 6. The van der Waals surface area contributed by atoms with Crippen molar-refractivity contribution < 1.29 is 4.74 Å². The first-order valence-electron chi connectivity index (χ1n) is 9.89. The molecule has 1 saturated heterocycles. The summed E-state index contributed by atoms with van der Waals surface area (Å²) in [5.41, 5.74) is 3.32. The normalized spacial score (nSPS) is 17.0. The van der Waals surface area contributed by atoms with Crippen LogP contribution in [0.15, 0.2) is 36.8 Å². The first-order valence-corrected chi connectivity index (χ1v) is 10.6. The van der Waals surface area contributed by atoms with E-state index in [1.54, 1.807) is 0 Å². The molecule has 8 heteroatoms. The fourth-order valence-corrected chi connectivity index (χ4v) is 3.91. The van der Waals surface area contributed by atoms with E-state index in [2.05, 4.69) is 27.1 Å². The van der Waals surface area contributed by atoms with E-state index in [0.717, 1.165) is 56.1 Å². The van der Waals surface area contributed by atoms with Gasteiger partial charge in [0, 0.05) is 38.5 Å². The number of benzene rings is 1. The van der Waals surface area contributed by atoms with Crippen LogP contribution in [-0.4, -0.2) is 40.7 Å². The van der Waals surface area contributed by atoms with Gasteiger partial charge in [0.25, 0.3) is 0 Å². The lowest BCUT2D eigenvalue weighted by Crippen LogP contribution is -2.36. The van der Waals surface area contributed by atoms with Crippen molar-refractivity contribution in [2.45, 2.75) is 38.4 Å². The Kier molecular flexibility index (Phi) is 6.43. The molecule has 6 nitrogen and oxygen atoms in total. The van der Waals surface area contributed by atoms with Crippen LogP contribution in [0, 0.1) is 0 Å². The summed E-state index contributed by atoms with van der Waals surface area (Å²) in [6.45, 7) is 8.03. The largest absolute Gasteiger partial charge is 0.381 e. The number of halogens is 2. The van der Waals surface area contributed by atoms with Gasteiger partial charge < -0.3 is 20.3 Å². The molecule has 2 aromatic rings. The Hall–Kier alpha value is -2.02. The van der Waals surface area contributed by atoms with Crippen LogP contribution in [-0.2, 0) is 24.2 Å². The first-order chi connectivity index (χ1) is 14.1. The standard InChI is InChI=1S/C21H25Cl2N5O/c1-14(24-11-15-2-3-18(22)19(23)10-15)28-7-4-16-12-25-21(27-20(16)13-28)26-17-5-8-29-9-6-17/h2-3,10,12,17,24H,1,4-9,11,13H2,(H,25,26,27). The van der Waals surface area contributed by atoms with Crippen molar-refractivity contribution in [1.82, 2.24) is 20.2 Å². The Labute approximate surface area is 181 Å². The molecule has 0 saturated carbocycles. The van der Waals surface area contributed by atoms with Gasteiger partial charge in [-0.3, -0.25) is 0 Å². The molecule has 0 bridgehead atoms. The van der Waals surface area contributed by atoms with Crippen molar-refractivity contribution in [2.24, 2.45) is 0 Å². The van der Waals surface area contributed by atoms with Gasteiger partial charge in [0.1, 0.15) is 0 Å². The summed E-state index contributed by atoms with van der Waals surface area (Å²) in [5.74, 6) is 1.58. The van der Waals surface area contributed by atoms with Gasteiger partial charge in [-0.05, 0) is 42.5 Å². The molecule has 29 heavy (non-hydrogen) atoms. The third-order valence-corrected chi connectivity index (χ3v) is 6.10. The summed E-state index contributed by atoms with van der Waals surface area (Å²) in [7, 11) is 0. The highest BCUT2D eigenvalue weighted by Gasteiger charge is 2.21. The number of nitrogens with zero attached hydrogens (tertiary/aromatic N) is 3. The molecule has 1 fully saturated rings. The summed E-state index contributed by atoms with van der Waals surface area (Å²) >= 11 is 12.1. The number of fused-ring (bicyclic) bond motifs is 1. The van der Waals surface area contributed by atoms with Gasteiger partial charge in [0.2, 0.25) is 5.95 Å². The van der Waals surface area contributed by atoms with E-state index in [1.165, 1.54) is 5.56 Å². The second-order valence-electron chi connectivity index (χ2n) is 7.42. The molecule has 0 atom stereocenters. The van der Waals surface area contributed by atoms with Crippen LogP contribution in [0.4, 0.5) is 5.95 Å². The number of aromatic nitrogens is 2. The minimum absolute atomic E-state index is 0.379. The van der Waals surface area contributed by atoms with Gasteiger partial charge in [0.15, 0.2) is 0 Å². The fourth-order valence-electron chi connectivity index (χ4n) is 3.59. The molecule has 154 valence electrons. The Bertz CT molecular complexity index is 885. The molecule has 0 radical (unpaired) electrons. The van der Waals surface area contributed by atoms with Crippen LogP contribution in [0.2, 0.25) is 10.0 Å². The molecule has 1 aromatic carbocycles. The molecule has 4 rings (SSSR count). The maximum absolute atomic E-state index is 6.10. The number of hydrogen-bond acceptors (Lipinski definition) is 6. The summed E-state index contributed by atoms with van der Waals surface area (Å²) in [5, 5.41) is 7.95. The molecule has 2 N–H and O–H groups in total. The molecule has 0 amide bonds. The zero-order chi connectivity index (χ0) is 20.2. The van der Waals surface area contributed by atoms with Crippen molar-refractivity contribution in [3.05, 3.63) is 63.7 Å². The van der Waals surface area contributed by atoms with Crippen LogP contribution in [0.5, 0.6) is 0 Å². The minimum Gasteiger partial charge on any atom is -0.381 e. The topological polar surface area (TPSA) is 62.3 Å². The average molecular weight is 434 g/mol. The molecule has 0 unspecified atom stereocenters. The predicted molar refractivity (Wildman–Crippen MR) is 116 cm³/mol. The smallest absolute Gasteiger partial charge is 0.223 e. The van der Waals surface area contributed by atoms with E-state index in [0.29, 0.717) is 35.1 Å². The van der Waals surface area contributed by atoms with Crippen LogP contribution in [0.3, 0.4) is 0 Å². The number of nitrogens with one attached hydrogen (secondary N) is 2. The summed E-state index contributed by atoms with van der Waals surface area (Å²) in [6.07, 6.45) is 4.83. The van der Waals surface area contributed by atoms with Crippen LogP contribution >= 0.6 is 23.2 Å². The Balaban J connectivity index is 1.35. The van der Waals surface area contributed by atoms with Crippen molar-refractivity contribution in [3.63, 3.8) is 0 Å². The second-order valence-corrected chi connectivity index (χ2v) is 8.23. The Morgan fingerprint density at radius 2 is 2.07 bits per heavy atom. The van der Waals surface area contributed by atoms with Crippen LogP contribution < -0.4 is 10.6 Å². The SMILES string of the molecule is C=C(NCc1ccc(Cl)c(Cl)c1)N1CCc2cnc(NC3CCOCC3)nc2C1. The van der Waals surface area contributed by atoms with Crippen molar-refractivity contribution >= 4 is 29.2 Å². The molecule has 0 aliphatic carbocycles. The van der Waals surface area contributed by atoms with Crippen LogP contribution in [0.25, 0.3) is 0 Å². The number of anilines is 1. The van der Waals surface area contributed by atoms with E-state index in [1.807, 2.05) is 24.4 Å². The average Bonchev–Trinajstić information content (AvgIpc) is 2.74. The van der Waals surface area contributed by atoms with E-state index in [4.69, 9.17) is 32.9 Å². The quantitative estimate of drug-likeness (QED) is 0.717. The summed E-state index contributed by atoms with van der Waals surface area (Å²) < 4.78 is 5.42. The summed E-state index contributed by atoms with van der Waals surface area (Å²) in [6, 6.07) is 6.02. The number of ether oxygens (including phenoxy) is 1. The van der Waals surface area contributed by atoms with Crippen molar-refractivity contribution in [3.8, 4) is 0 Å². The Morgan fingerprint density at radius 3 is 2.86 bits per heavy atom. The van der Waals surface area contributed by atoms with Crippen molar-refractivity contribution in [1.29, 1.82) is 0 Å². The highest BCUT2D eigenvalue weighted by Crippen LogP contribution is 2.23. The van der Waals surface area contributed by atoms with Gasteiger partial charge in [0.05, 0.1) is 28.1 Å². The van der Waals surface area contributed by atoms with Crippen LogP contribution in [0.1, 0.15) is 29.7 Å². The third kappa shape index (κ3) is 5.13. The van der Waals surface area contributed by atoms with Gasteiger partial charge >= 0.3 is 0 Å². The minimum atomic E-state index is 0.379. The van der Waals surface area contributed by atoms with Gasteiger partial charge in [-0.1, -0.05) is 35.8 Å². The van der Waals surface area contributed by atoms with Gasteiger partial charge in [-0.15, -0.1) is 0 Å². The molecular formula is C21H25Cl2N5O. The molecule has 2 aliphatic heterocycles. The molecule has 3 heterocycles. The Morgan fingerprint density at radius 1 is 1.24 bits per heavy atom. The van der Waals surface area contributed by atoms with Gasteiger partial charge in [-0.25, -0.2) is 9.97 Å². The molecule has 1 aromatic heterocycles. The summed E-state index contributed by atoms with van der Waals surface area (Å²) in [4.78, 5) is 11.5. The highest BCUT2D eigenvalue weighted by molar-refractivity contribution is 6.42. The molecule has 2 aliphatic rings. The van der Waals surface area contributed by atoms with Gasteiger partial charge in [-0.2, -0.15) is 0 Å². The zero-order valence-electron chi connectivity index (χ0n) is 16.3. The fraction of sp³-hybridized carbons (Fsp3) is 0.429. The number of hydrogen-bond donors (Lipinski definition) is 2. The third-order valence-electron chi connectivity index (χ3n) is 5.36. The van der Waals surface area contributed by atoms with E-state index in [9.17, 15) is 0 Å². The molecule has 0 spiro atoms.